The maximum atomic E-state index is 11.9. The number of carbonyl (C=O) groups excluding carboxylic acids is 1. The van der Waals surface area contributed by atoms with Crippen molar-refractivity contribution in [3.8, 4) is 28.5 Å². The van der Waals surface area contributed by atoms with Crippen LogP contribution in [0.15, 0.2) is 102 Å². The number of para-hydroxylation sites is 1. The Kier molecular flexibility index (Phi) is 6.73. The van der Waals surface area contributed by atoms with E-state index in [9.17, 15) is 4.79 Å². The van der Waals surface area contributed by atoms with Crippen molar-refractivity contribution in [2.24, 2.45) is 4.99 Å². The lowest BCUT2D eigenvalue weighted by molar-refractivity contribution is -0.118. The lowest BCUT2D eigenvalue weighted by Gasteiger charge is -2.19. The Bertz CT molecular complexity index is 1610. The average molecular weight is 524 g/mol. The number of thiazole rings is 1. The molecule has 0 fully saturated rings. The molecule has 190 valence electrons. The highest BCUT2D eigenvalue weighted by molar-refractivity contribution is 7.07. The van der Waals surface area contributed by atoms with E-state index in [1.54, 1.807) is 17.5 Å². The number of aryl methyl sites for hydroxylation is 1. The number of aromatic nitrogens is 3. The van der Waals surface area contributed by atoms with Gasteiger partial charge in [0.2, 0.25) is 0 Å². The molecule has 0 unspecified atom stereocenters. The standard InChI is InChI=1S/C29H25N5O3S/c35-28-18-36-27-12-7-21(17-25(27)32-28)26-19-38-29(34(26)15-4-14-33-16-13-30-20-33)31-22-8-10-24(11-9-22)37-23-5-2-1-3-6-23/h1-3,5-13,16-17,19-20H,4,14-15,18H2,(H,32,35). The van der Waals surface area contributed by atoms with Crippen LogP contribution in [0, 0.1) is 0 Å². The van der Waals surface area contributed by atoms with Gasteiger partial charge in [-0.3, -0.25) is 4.79 Å². The van der Waals surface area contributed by atoms with Crippen LogP contribution in [0.25, 0.3) is 11.3 Å². The molecule has 3 heterocycles. The molecular formula is C29H25N5O3S. The number of nitrogens with zero attached hydrogens (tertiary/aromatic N) is 4. The maximum Gasteiger partial charge on any atom is 0.262 e. The first-order chi connectivity index (χ1) is 18.7. The highest BCUT2D eigenvalue weighted by Gasteiger charge is 2.18. The Labute approximate surface area is 223 Å². The number of hydrogen-bond donors (Lipinski definition) is 1. The molecular weight excluding hydrogens is 498 g/mol. The summed E-state index contributed by atoms with van der Waals surface area (Å²) in [7, 11) is 0. The Morgan fingerprint density at radius 2 is 1.87 bits per heavy atom. The van der Waals surface area contributed by atoms with Gasteiger partial charge in [-0.05, 0) is 61.0 Å². The number of carbonyl (C=O) groups is 1. The van der Waals surface area contributed by atoms with Crippen LogP contribution in [0.4, 0.5) is 11.4 Å². The Morgan fingerprint density at radius 1 is 1.03 bits per heavy atom. The van der Waals surface area contributed by atoms with Crippen molar-refractivity contribution in [3.63, 3.8) is 0 Å². The summed E-state index contributed by atoms with van der Waals surface area (Å²) in [5.74, 6) is 2.08. The predicted molar refractivity (Wildman–Crippen MR) is 147 cm³/mol. The molecule has 0 atom stereocenters. The minimum Gasteiger partial charge on any atom is -0.482 e. The highest BCUT2D eigenvalue weighted by Crippen LogP contribution is 2.33. The van der Waals surface area contributed by atoms with Crippen molar-refractivity contribution in [3.05, 3.63) is 102 Å². The third-order valence-corrected chi connectivity index (χ3v) is 6.97. The van der Waals surface area contributed by atoms with Gasteiger partial charge in [-0.15, -0.1) is 11.3 Å². The molecule has 9 heteroatoms. The summed E-state index contributed by atoms with van der Waals surface area (Å²) in [6, 6.07) is 23.4. The van der Waals surface area contributed by atoms with E-state index >= 15 is 0 Å². The molecule has 3 aromatic carbocycles. The molecule has 1 amide bonds. The zero-order valence-corrected chi connectivity index (χ0v) is 21.3. The summed E-state index contributed by atoms with van der Waals surface area (Å²) in [4.78, 5) is 21.8. The minimum atomic E-state index is -0.149. The SMILES string of the molecule is O=C1COc2ccc(-c3csc(=Nc4ccc(Oc5ccccc5)cc4)n3CCCn3ccnc3)cc2N1. The van der Waals surface area contributed by atoms with Crippen molar-refractivity contribution >= 4 is 28.6 Å². The van der Waals surface area contributed by atoms with Crippen LogP contribution in [0.2, 0.25) is 0 Å². The first-order valence-corrected chi connectivity index (χ1v) is 13.2. The predicted octanol–water partition coefficient (Wildman–Crippen LogP) is 5.86. The molecule has 0 saturated heterocycles. The van der Waals surface area contributed by atoms with Crippen LogP contribution in [-0.4, -0.2) is 26.6 Å². The molecule has 0 aliphatic carbocycles. The second-order valence-electron chi connectivity index (χ2n) is 8.78. The summed E-state index contributed by atoms with van der Waals surface area (Å²) in [5.41, 5.74) is 3.54. The second-order valence-corrected chi connectivity index (χ2v) is 9.61. The van der Waals surface area contributed by atoms with Gasteiger partial charge in [0.05, 0.1) is 23.4 Å². The van der Waals surface area contributed by atoms with Crippen molar-refractivity contribution in [1.29, 1.82) is 0 Å². The second kappa shape index (κ2) is 10.8. The molecule has 0 saturated carbocycles. The van der Waals surface area contributed by atoms with Gasteiger partial charge in [0.15, 0.2) is 11.4 Å². The largest absolute Gasteiger partial charge is 0.482 e. The quantitative estimate of drug-likeness (QED) is 0.276. The first-order valence-electron chi connectivity index (χ1n) is 12.3. The Balaban J connectivity index is 1.30. The van der Waals surface area contributed by atoms with E-state index in [0.29, 0.717) is 11.4 Å². The van der Waals surface area contributed by atoms with Gasteiger partial charge >= 0.3 is 0 Å². The van der Waals surface area contributed by atoms with Gasteiger partial charge in [0.25, 0.3) is 5.91 Å². The van der Waals surface area contributed by atoms with Crippen molar-refractivity contribution in [2.75, 3.05) is 11.9 Å². The summed E-state index contributed by atoms with van der Waals surface area (Å²) < 4.78 is 15.8. The van der Waals surface area contributed by atoms with Crippen molar-refractivity contribution < 1.29 is 14.3 Å². The zero-order chi connectivity index (χ0) is 25.7. The van der Waals surface area contributed by atoms with Crippen LogP contribution < -0.4 is 19.6 Å². The average Bonchev–Trinajstić information content (AvgIpc) is 3.60. The maximum absolute atomic E-state index is 11.9. The van der Waals surface area contributed by atoms with E-state index in [1.165, 1.54) is 0 Å². The smallest absolute Gasteiger partial charge is 0.262 e. The van der Waals surface area contributed by atoms with E-state index in [2.05, 4.69) is 24.8 Å². The first kappa shape index (κ1) is 23.7. The van der Waals surface area contributed by atoms with Gasteiger partial charge in [0, 0.05) is 36.4 Å². The van der Waals surface area contributed by atoms with Crippen LogP contribution in [0.5, 0.6) is 17.2 Å². The van der Waals surface area contributed by atoms with Crippen LogP contribution in [0.3, 0.4) is 0 Å². The summed E-state index contributed by atoms with van der Waals surface area (Å²) in [5, 5.41) is 5.01. The molecule has 2 aromatic heterocycles. The monoisotopic (exact) mass is 523 g/mol. The number of benzene rings is 3. The Hall–Kier alpha value is -4.63. The molecule has 1 aliphatic heterocycles. The van der Waals surface area contributed by atoms with Crippen molar-refractivity contribution in [2.45, 2.75) is 19.5 Å². The van der Waals surface area contributed by atoms with Crippen molar-refractivity contribution in [1.82, 2.24) is 14.1 Å². The van der Waals surface area contributed by atoms with Gasteiger partial charge in [-0.25, -0.2) is 9.98 Å². The van der Waals surface area contributed by atoms with E-state index in [1.807, 2.05) is 85.3 Å². The lowest BCUT2D eigenvalue weighted by atomic mass is 10.1. The number of rotatable bonds is 8. The third kappa shape index (κ3) is 5.37. The molecule has 8 nitrogen and oxygen atoms in total. The number of amides is 1. The number of ether oxygens (including phenoxy) is 2. The number of nitrogens with one attached hydrogen (secondary N) is 1. The summed E-state index contributed by atoms with van der Waals surface area (Å²) in [6.07, 6.45) is 6.49. The number of anilines is 1. The number of hydrogen-bond acceptors (Lipinski definition) is 6. The number of imidazole rings is 1. The lowest BCUT2D eigenvalue weighted by Crippen LogP contribution is -2.25. The van der Waals surface area contributed by atoms with Gasteiger partial charge < -0.3 is 23.9 Å². The van der Waals surface area contributed by atoms with E-state index in [-0.39, 0.29) is 12.5 Å². The van der Waals surface area contributed by atoms with Crippen LogP contribution in [0.1, 0.15) is 6.42 Å². The fourth-order valence-corrected chi connectivity index (χ4v) is 5.22. The normalized spacial score (nSPS) is 13.1. The minimum absolute atomic E-state index is 0.0389. The molecule has 0 radical (unpaired) electrons. The molecule has 1 aliphatic rings. The fourth-order valence-electron chi connectivity index (χ4n) is 4.26. The van der Waals surface area contributed by atoms with E-state index < -0.39 is 0 Å². The molecule has 5 aromatic rings. The molecule has 6 rings (SSSR count). The highest BCUT2D eigenvalue weighted by atomic mass is 32.1. The van der Waals surface area contributed by atoms with Gasteiger partial charge in [0.1, 0.15) is 17.2 Å². The number of fused-ring (bicyclic) bond motifs is 1. The molecule has 0 bridgehead atoms. The van der Waals surface area contributed by atoms with Gasteiger partial charge in [-0.1, -0.05) is 18.2 Å². The van der Waals surface area contributed by atoms with Crippen LogP contribution in [-0.2, 0) is 17.9 Å². The Morgan fingerprint density at radius 3 is 2.68 bits per heavy atom. The summed E-state index contributed by atoms with van der Waals surface area (Å²) in [6.45, 7) is 1.66. The summed E-state index contributed by atoms with van der Waals surface area (Å²) >= 11 is 1.59. The molecule has 38 heavy (non-hydrogen) atoms. The van der Waals surface area contributed by atoms with Gasteiger partial charge in [-0.2, -0.15) is 0 Å². The molecule has 1 N–H and O–H groups in total. The van der Waals surface area contributed by atoms with E-state index in [4.69, 9.17) is 14.5 Å². The zero-order valence-electron chi connectivity index (χ0n) is 20.5. The fraction of sp³-hybridized carbons (Fsp3) is 0.138. The van der Waals surface area contributed by atoms with Crippen LogP contribution >= 0.6 is 11.3 Å². The van der Waals surface area contributed by atoms with E-state index in [0.717, 1.165) is 52.8 Å². The molecule has 0 spiro atoms. The third-order valence-electron chi connectivity index (χ3n) is 6.10. The topological polar surface area (TPSA) is 82.7 Å².